The Morgan fingerprint density at radius 3 is 2.62 bits per heavy atom. The van der Waals surface area contributed by atoms with Crippen LogP contribution < -0.4 is 11.1 Å². The number of hydrogen-bond donors (Lipinski definition) is 2. The van der Waals surface area contributed by atoms with Gasteiger partial charge in [-0.25, -0.2) is 13.3 Å². The van der Waals surface area contributed by atoms with E-state index in [1.807, 2.05) is 0 Å². The fourth-order valence-corrected chi connectivity index (χ4v) is 2.51. The molecule has 3 aromatic rings. The molecule has 3 heterocycles. The van der Waals surface area contributed by atoms with Gasteiger partial charge in [-0.05, 0) is 32.9 Å². The first-order valence-electron chi connectivity index (χ1n) is 8.04. The van der Waals surface area contributed by atoms with Crippen LogP contribution in [0.3, 0.4) is 0 Å². The molecule has 0 aromatic carbocycles. The maximum atomic E-state index is 14.3. The zero-order chi connectivity index (χ0) is 19.1. The van der Waals surface area contributed by atoms with Crippen molar-refractivity contribution in [3.8, 4) is 11.1 Å². The second-order valence-electron chi connectivity index (χ2n) is 6.68. The van der Waals surface area contributed by atoms with Crippen LogP contribution in [0.15, 0.2) is 36.9 Å². The highest BCUT2D eigenvalue weighted by atomic mass is 19.1. The monoisotopic (exact) mass is 359 g/mol. The van der Waals surface area contributed by atoms with E-state index >= 15 is 0 Å². The molecule has 0 aliphatic rings. The quantitative estimate of drug-likeness (QED) is 0.733. The average Bonchev–Trinajstić information content (AvgIpc) is 2.98. The Balaban J connectivity index is 2.16. The smallest absolute Gasteiger partial charge is 0.252 e. The van der Waals surface area contributed by atoms with Crippen LogP contribution in [-0.4, -0.2) is 32.2 Å². The Morgan fingerprint density at radius 1 is 1.27 bits per heavy atom. The van der Waals surface area contributed by atoms with Crippen molar-refractivity contribution in [2.45, 2.75) is 32.5 Å². The number of amides is 1. The molecule has 0 radical (unpaired) electrons. The lowest BCUT2D eigenvalue weighted by Crippen LogP contribution is -2.36. The van der Waals surface area contributed by atoms with E-state index in [-0.39, 0.29) is 5.56 Å². The summed E-state index contributed by atoms with van der Waals surface area (Å²) in [6.07, 6.45) is 5.63. The van der Waals surface area contributed by atoms with Crippen LogP contribution in [-0.2, 0) is 0 Å². The zero-order valence-electron chi connectivity index (χ0n) is 14.6. The Hall–Kier alpha value is -3.03. The molecule has 0 aliphatic carbocycles. The van der Waals surface area contributed by atoms with Gasteiger partial charge in [-0.1, -0.05) is 0 Å². The molecule has 0 spiro atoms. The predicted octanol–water partition coefficient (Wildman–Crippen LogP) is 3.18. The van der Waals surface area contributed by atoms with Gasteiger partial charge in [0.15, 0.2) is 0 Å². The van der Waals surface area contributed by atoms with Gasteiger partial charge in [-0.15, -0.1) is 0 Å². The summed E-state index contributed by atoms with van der Waals surface area (Å²) in [7, 11) is 0. The molecule has 0 fully saturated rings. The number of alkyl halides is 1. The van der Waals surface area contributed by atoms with Gasteiger partial charge in [-0.3, -0.25) is 9.78 Å². The van der Waals surface area contributed by atoms with Crippen LogP contribution >= 0.6 is 0 Å². The highest BCUT2D eigenvalue weighted by molar-refractivity contribution is 6.02. The van der Waals surface area contributed by atoms with E-state index < -0.39 is 23.4 Å². The minimum Gasteiger partial charge on any atom is -0.377 e. The van der Waals surface area contributed by atoms with Crippen LogP contribution in [0, 0.1) is 5.82 Å². The molecule has 1 amide bonds. The zero-order valence-corrected chi connectivity index (χ0v) is 14.6. The van der Waals surface area contributed by atoms with Gasteiger partial charge in [-0.2, -0.15) is 5.10 Å². The molecule has 3 aromatic heterocycles. The van der Waals surface area contributed by atoms with Crippen LogP contribution in [0.25, 0.3) is 16.6 Å². The number of nitrogens with one attached hydrogen (secondary N) is 1. The van der Waals surface area contributed by atoms with Crippen molar-refractivity contribution in [1.82, 2.24) is 14.6 Å². The van der Waals surface area contributed by atoms with Crippen molar-refractivity contribution in [2.24, 2.45) is 5.73 Å². The van der Waals surface area contributed by atoms with Crippen molar-refractivity contribution < 1.29 is 13.6 Å². The minimum absolute atomic E-state index is 0.149. The Bertz CT molecular complexity index is 977. The fourth-order valence-electron chi connectivity index (χ4n) is 2.51. The second kappa shape index (κ2) is 6.36. The average molecular weight is 359 g/mol. The van der Waals surface area contributed by atoms with E-state index in [2.05, 4.69) is 15.4 Å². The summed E-state index contributed by atoms with van der Waals surface area (Å²) in [6.45, 7) is 4.55. The standard InChI is InChI=1S/C18H19F2N5O/c1-10(18(2,3)20)24-16-14(17(21)26)8-23-25-9-12(5-15(16)25)11-4-13(19)7-22-6-11/h4-10,24H,1-3H3,(H2,21,26)/t10-/m1/s1. The molecular weight excluding hydrogens is 340 g/mol. The van der Waals surface area contributed by atoms with Crippen molar-refractivity contribution in [2.75, 3.05) is 5.32 Å². The SMILES string of the molecule is C[C@@H](Nc1c(C(N)=O)cnn2cc(-c3cncc(F)c3)cc12)C(C)(C)F. The van der Waals surface area contributed by atoms with Gasteiger partial charge >= 0.3 is 0 Å². The van der Waals surface area contributed by atoms with Gasteiger partial charge in [0.2, 0.25) is 0 Å². The van der Waals surface area contributed by atoms with Gasteiger partial charge in [0.05, 0.1) is 35.2 Å². The number of fused-ring (bicyclic) bond motifs is 1. The Kier molecular flexibility index (Phi) is 4.35. The summed E-state index contributed by atoms with van der Waals surface area (Å²) in [5.74, 6) is -1.14. The van der Waals surface area contributed by atoms with Crippen LogP contribution in [0.2, 0.25) is 0 Å². The molecular formula is C18H19F2N5O. The third-order valence-corrected chi connectivity index (χ3v) is 4.33. The number of carbonyl (C=O) groups excluding carboxylic acids is 1. The van der Waals surface area contributed by atoms with Crippen LogP contribution in [0.5, 0.6) is 0 Å². The lowest BCUT2D eigenvalue weighted by atomic mass is 10.0. The maximum Gasteiger partial charge on any atom is 0.252 e. The van der Waals surface area contributed by atoms with Crippen molar-refractivity contribution >= 4 is 17.1 Å². The molecule has 1 atom stereocenters. The Labute approximate surface area is 149 Å². The third-order valence-electron chi connectivity index (χ3n) is 4.33. The van der Waals surface area contributed by atoms with E-state index in [9.17, 15) is 13.6 Å². The molecule has 6 nitrogen and oxygen atoms in total. The minimum atomic E-state index is -1.53. The lowest BCUT2D eigenvalue weighted by molar-refractivity contribution is 0.1000. The summed E-state index contributed by atoms with van der Waals surface area (Å²) >= 11 is 0. The van der Waals surface area contributed by atoms with Gasteiger partial charge in [0, 0.05) is 23.5 Å². The topological polar surface area (TPSA) is 85.3 Å². The Morgan fingerprint density at radius 2 is 2.00 bits per heavy atom. The van der Waals surface area contributed by atoms with Crippen LogP contribution in [0.1, 0.15) is 31.1 Å². The summed E-state index contributed by atoms with van der Waals surface area (Å²) in [4.78, 5) is 15.6. The van der Waals surface area contributed by atoms with Crippen molar-refractivity contribution in [3.05, 3.63) is 48.3 Å². The fraction of sp³-hybridized carbons (Fsp3) is 0.278. The summed E-state index contributed by atoms with van der Waals surface area (Å²) in [6, 6.07) is 2.47. The summed E-state index contributed by atoms with van der Waals surface area (Å²) in [5, 5.41) is 7.19. The molecule has 3 N–H and O–H groups in total. The van der Waals surface area contributed by atoms with Crippen molar-refractivity contribution in [1.29, 1.82) is 0 Å². The van der Waals surface area contributed by atoms with Crippen LogP contribution in [0.4, 0.5) is 14.5 Å². The number of anilines is 1. The number of hydrogen-bond acceptors (Lipinski definition) is 4. The summed E-state index contributed by atoms with van der Waals surface area (Å²) < 4.78 is 29.2. The van der Waals surface area contributed by atoms with E-state index in [4.69, 9.17) is 5.73 Å². The molecule has 0 saturated carbocycles. The molecule has 0 aliphatic heterocycles. The second-order valence-corrected chi connectivity index (χ2v) is 6.68. The molecule has 0 unspecified atom stereocenters. The molecule has 0 saturated heterocycles. The van der Waals surface area contributed by atoms with E-state index in [0.29, 0.717) is 22.3 Å². The molecule has 136 valence electrons. The van der Waals surface area contributed by atoms with E-state index in [0.717, 1.165) is 6.20 Å². The largest absolute Gasteiger partial charge is 0.377 e. The lowest BCUT2D eigenvalue weighted by Gasteiger charge is -2.26. The van der Waals surface area contributed by atoms with Gasteiger partial charge < -0.3 is 11.1 Å². The molecule has 3 rings (SSSR count). The molecule has 8 heteroatoms. The molecule has 0 bridgehead atoms. The number of halogens is 2. The van der Waals surface area contributed by atoms with Gasteiger partial charge in [0.1, 0.15) is 11.5 Å². The number of nitrogens with two attached hydrogens (primary N) is 1. The highest BCUT2D eigenvalue weighted by Crippen LogP contribution is 2.30. The number of carbonyl (C=O) groups is 1. The molecule has 26 heavy (non-hydrogen) atoms. The number of rotatable bonds is 5. The van der Waals surface area contributed by atoms with Gasteiger partial charge in [0.25, 0.3) is 5.91 Å². The number of primary amides is 1. The maximum absolute atomic E-state index is 14.3. The normalized spacial score (nSPS) is 13.0. The van der Waals surface area contributed by atoms with E-state index in [1.165, 1.54) is 36.8 Å². The first-order valence-corrected chi connectivity index (χ1v) is 8.04. The summed E-state index contributed by atoms with van der Waals surface area (Å²) in [5.41, 5.74) is 6.18. The highest BCUT2D eigenvalue weighted by Gasteiger charge is 2.27. The van der Waals surface area contributed by atoms with Crippen molar-refractivity contribution in [3.63, 3.8) is 0 Å². The number of pyridine rings is 1. The first kappa shape index (κ1) is 17.8. The predicted molar refractivity (Wildman–Crippen MR) is 95.2 cm³/mol. The number of nitrogens with zero attached hydrogens (tertiary/aromatic N) is 3. The van der Waals surface area contributed by atoms with E-state index in [1.54, 1.807) is 19.2 Å². The first-order chi connectivity index (χ1) is 12.2. The number of aromatic nitrogens is 3. The third kappa shape index (κ3) is 3.35.